The average Bonchev–Trinajstić information content (AvgIpc) is 3.25. The van der Waals surface area contributed by atoms with Crippen LogP contribution in [0.2, 0.25) is 0 Å². The fourth-order valence-corrected chi connectivity index (χ4v) is 7.55. The summed E-state index contributed by atoms with van der Waals surface area (Å²) in [6.07, 6.45) is 1.43. The van der Waals surface area contributed by atoms with Crippen LogP contribution >= 0.6 is 0 Å². The minimum absolute atomic E-state index is 0.0852. The van der Waals surface area contributed by atoms with Gasteiger partial charge in [0.1, 0.15) is 5.54 Å². The number of halogens is 3. The molecule has 0 aliphatic heterocycles. The molecule has 3 saturated carbocycles. The minimum atomic E-state index is -4.92. The van der Waals surface area contributed by atoms with Crippen LogP contribution in [0.15, 0.2) is 35.5 Å². The standard InChI is InChI=1S/C26H29F3N4O4S/c1-33-14-17(13-31-33)16-6-7-23(21(10-16)26(27,28)29)38(35,36)19-11-20(24(34)32-25(15-30)8-9-25)22(12-19)37-18-4-2-3-5-18/h6-7,10,13-14,18-20,22H,2-5,8-9,11-12H2,1H3,(H,32,34)/t19-,20-,22-/m1/s1. The Balaban J connectivity index is 1.46. The van der Waals surface area contributed by atoms with E-state index in [1.165, 1.54) is 16.9 Å². The summed E-state index contributed by atoms with van der Waals surface area (Å²) in [5.74, 6) is -1.35. The van der Waals surface area contributed by atoms with Crippen LogP contribution in [0.25, 0.3) is 11.1 Å². The van der Waals surface area contributed by atoms with Gasteiger partial charge in [0, 0.05) is 18.8 Å². The van der Waals surface area contributed by atoms with Crippen LogP contribution in [0.3, 0.4) is 0 Å². The molecule has 1 amide bonds. The lowest BCUT2D eigenvalue weighted by Gasteiger charge is -2.24. The van der Waals surface area contributed by atoms with E-state index in [0.29, 0.717) is 18.4 Å². The molecule has 0 saturated heterocycles. The van der Waals surface area contributed by atoms with Crippen molar-refractivity contribution in [1.29, 1.82) is 5.26 Å². The summed E-state index contributed by atoms with van der Waals surface area (Å²) in [4.78, 5) is 12.4. The van der Waals surface area contributed by atoms with Gasteiger partial charge in [0.15, 0.2) is 9.84 Å². The molecule has 8 nitrogen and oxygen atoms in total. The van der Waals surface area contributed by atoms with E-state index >= 15 is 0 Å². The number of sulfone groups is 1. The number of nitrogens with zero attached hydrogens (tertiary/aromatic N) is 3. The zero-order valence-corrected chi connectivity index (χ0v) is 21.7. The van der Waals surface area contributed by atoms with Crippen molar-refractivity contribution < 1.29 is 31.1 Å². The topological polar surface area (TPSA) is 114 Å². The number of carbonyl (C=O) groups excluding carboxylic acids is 1. The van der Waals surface area contributed by atoms with E-state index in [1.54, 1.807) is 13.2 Å². The van der Waals surface area contributed by atoms with E-state index in [2.05, 4.69) is 16.5 Å². The average molecular weight is 551 g/mol. The van der Waals surface area contributed by atoms with Crippen LogP contribution in [0, 0.1) is 17.2 Å². The highest BCUT2D eigenvalue weighted by Crippen LogP contribution is 2.44. The van der Waals surface area contributed by atoms with Gasteiger partial charge >= 0.3 is 6.18 Å². The van der Waals surface area contributed by atoms with Gasteiger partial charge in [-0.15, -0.1) is 0 Å². The second-order valence-electron chi connectivity index (χ2n) is 10.6. The number of alkyl halides is 3. The van der Waals surface area contributed by atoms with Crippen LogP contribution in [-0.4, -0.2) is 47.1 Å². The molecular weight excluding hydrogens is 521 g/mol. The lowest BCUT2D eigenvalue weighted by atomic mass is 10.0. The molecule has 3 aliphatic carbocycles. The maximum absolute atomic E-state index is 14.1. The highest BCUT2D eigenvalue weighted by atomic mass is 32.2. The number of hydrogen-bond acceptors (Lipinski definition) is 6. The van der Waals surface area contributed by atoms with Crippen molar-refractivity contribution in [3.05, 3.63) is 36.2 Å². The third-order valence-corrected chi connectivity index (χ3v) is 10.1. The van der Waals surface area contributed by atoms with Crippen LogP contribution in [0.1, 0.15) is 56.9 Å². The van der Waals surface area contributed by atoms with Gasteiger partial charge in [0.25, 0.3) is 0 Å². The summed E-state index contributed by atoms with van der Waals surface area (Å²) in [6.45, 7) is 0. The highest BCUT2D eigenvalue weighted by molar-refractivity contribution is 7.92. The van der Waals surface area contributed by atoms with Gasteiger partial charge in [0.2, 0.25) is 5.91 Å². The number of nitrogens with one attached hydrogen (secondary N) is 1. The molecule has 204 valence electrons. The molecule has 3 fully saturated rings. The number of aromatic nitrogens is 2. The molecule has 1 N–H and O–H groups in total. The second kappa shape index (κ2) is 9.68. The molecule has 1 aromatic heterocycles. The van der Waals surface area contributed by atoms with Gasteiger partial charge in [0.05, 0.1) is 46.1 Å². The molecule has 38 heavy (non-hydrogen) atoms. The number of hydrogen-bond donors (Lipinski definition) is 1. The van der Waals surface area contributed by atoms with Gasteiger partial charge in [-0.2, -0.15) is 23.5 Å². The molecule has 12 heteroatoms. The molecule has 5 rings (SSSR count). The Morgan fingerprint density at radius 3 is 2.50 bits per heavy atom. The van der Waals surface area contributed by atoms with E-state index in [9.17, 15) is 31.6 Å². The number of ether oxygens (including phenoxy) is 1. The Hall–Kier alpha value is -2.91. The Labute approximate surface area is 219 Å². The summed E-state index contributed by atoms with van der Waals surface area (Å²) in [5, 5.41) is 14.9. The van der Waals surface area contributed by atoms with Crippen molar-refractivity contribution in [3.8, 4) is 17.2 Å². The van der Waals surface area contributed by atoms with E-state index in [1.807, 2.05) is 0 Å². The first-order valence-corrected chi connectivity index (χ1v) is 14.3. The Morgan fingerprint density at radius 1 is 1.21 bits per heavy atom. The first-order chi connectivity index (χ1) is 17.9. The number of aryl methyl sites for hydroxylation is 1. The third kappa shape index (κ3) is 5.18. The van der Waals surface area contributed by atoms with Gasteiger partial charge in [-0.3, -0.25) is 9.48 Å². The highest BCUT2D eigenvalue weighted by Gasteiger charge is 2.51. The van der Waals surface area contributed by atoms with Crippen LogP contribution in [-0.2, 0) is 32.6 Å². The number of amides is 1. The summed E-state index contributed by atoms with van der Waals surface area (Å²) < 4.78 is 77.5. The number of rotatable bonds is 7. The Morgan fingerprint density at radius 2 is 1.92 bits per heavy atom. The zero-order valence-electron chi connectivity index (χ0n) is 20.9. The molecule has 1 heterocycles. The second-order valence-corrected chi connectivity index (χ2v) is 12.8. The molecule has 0 unspecified atom stereocenters. The van der Waals surface area contributed by atoms with Gasteiger partial charge < -0.3 is 10.1 Å². The molecule has 0 spiro atoms. The fraction of sp³-hybridized carbons (Fsp3) is 0.577. The largest absolute Gasteiger partial charge is 0.417 e. The summed E-state index contributed by atoms with van der Waals surface area (Å²) in [7, 11) is -2.85. The van der Waals surface area contributed by atoms with Crippen molar-refractivity contribution in [2.45, 2.75) is 85.4 Å². The molecule has 0 radical (unpaired) electrons. The minimum Gasteiger partial charge on any atom is -0.374 e. The van der Waals surface area contributed by atoms with Gasteiger partial charge in [-0.25, -0.2) is 8.42 Å². The summed E-state index contributed by atoms with van der Waals surface area (Å²) in [5.41, 5.74) is -1.57. The van der Waals surface area contributed by atoms with Crippen LogP contribution < -0.4 is 5.32 Å². The monoisotopic (exact) mass is 550 g/mol. The number of carbonyl (C=O) groups is 1. The molecule has 0 bridgehead atoms. The van der Waals surface area contributed by atoms with Crippen molar-refractivity contribution >= 4 is 15.7 Å². The fourth-order valence-electron chi connectivity index (χ4n) is 5.55. The predicted octanol–water partition coefficient (Wildman–Crippen LogP) is 4.16. The smallest absolute Gasteiger partial charge is 0.374 e. The first-order valence-electron chi connectivity index (χ1n) is 12.7. The van der Waals surface area contributed by atoms with Crippen molar-refractivity contribution in [3.63, 3.8) is 0 Å². The van der Waals surface area contributed by atoms with Crippen molar-refractivity contribution in [2.75, 3.05) is 0 Å². The van der Waals surface area contributed by atoms with Crippen LogP contribution in [0.4, 0.5) is 13.2 Å². The van der Waals surface area contributed by atoms with Gasteiger partial charge in [-0.05, 0) is 56.2 Å². The summed E-state index contributed by atoms with van der Waals surface area (Å²) in [6, 6.07) is 5.25. The molecule has 3 atom stereocenters. The van der Waals surface area contributed by atoms with E-state index < -0.39 is 55.2 Å². The molecular formula is C26H29F3N4O4S. The SMILES string of the molecule is Cn1cc(-c2ccc(S(=O)(=O)[C@H]3C[C@@H](OC4CCCC4)[C@H](C(=O)NC4(C#N)CC4)C3)c(C(F)(F)F)c2)cn1. The molecule has 1 aromatic carbocycles. The van der Waals surface area contributed by atoms with E-state index in [0.717, 1.165) is 37.8 Å². The number of benzene rings is 1. The third-order valence-electron chi connectivity index (χ3n) is 7.86. The van der Waals surface area contributed by atoms with Crippen molar-refractivity contribution in [2.24, 2.45) is 13.0 Å². The van der Waals surface area contributed by atoms with Crippen LogP contribution in [0.5, 0.6) is 0 Å². The van der Waals surface area contributed by atoms with Crippen molar-refractivity contribution in [1.82, 2.24) is 15.1 Å². The predicted molar refractivity (Wildman–Crippen MR) is 130 cm³/mol. The summed E-state index contributed by atoms with van der Waals surface area (Å²) >= 11 is 0. The normalized spacial score (nSPS) is 25.3. The lowest BCUT2D eigenvalue weighted by molar-refractivity contribution is -0.139. The zero-order chi connectivity index (χ0) is 27.3. The first kappa shape index (κ1) is 26.7. The maximum Gasteiger partial charge on any atom is 0.417 e. The van der Waals surface area contributed by atoms with E-state index in [-0.39, 0.29) is 24.5 Å². The Bertz CT molecular complexity index is 1370. The Kier molecular flexibility index (Phi) is 6.80. The molecule has 3 aliphatic rings. The lowest BCUT2D eigenvalue weighted by Crippen LogP contribution is -2.43. The molecule has 2 aromatic rings. The van der Waals surface area contributed by atoms with Gasteiger partial charge in [-0.1, -0.05) is 18.9 Å². The van der Waals surface area contributed by atoms with E-state index in [4.69, 9.17) is 4.74 Å². The number of nitriles is 1. The quantitative estimate of drug-likeness (QED) is 0.554. The maximum atomic E-state index is 14.1.